The molecule has 8 heteroatoms. The summed E-state index contributed by atoms with van der Waals surface area (Å²) in [6.45, 7) is 2.85. The number of hydrogen-bond acceptors (Lipinski definition) is 5. The number of H-pyrrole nitrogens is 2. The van der Waals surface area contributed by atoms with Crippen LogP contribution in [0.3, 0.4) is 0 Å². The number of carbonyl (C=O) groups is 1. The van der Waals surface area contributed by atoms with Gasteiger partial charge in [-0.3, -0.25) is 14.5 Å². The van der Waals surface area contributed by atoms with Crippen LogP contribution in [0.15, 0.2) is 17.3 Å². The lowest BCUT2D eigenvalue weighted by atomic mass is 9.99. The minimum Gasteiger partial charge on any atom is -0.480 e. The Hall–Kier alpha value is -2.19. The van der Waals surface area contributed by atoms with Gasteiger partial charge in [0.25, 0.3) is 5.56 Å². The Kier molecular flexibility index (Phi) is 5.50. The molecule has 8 nitrogen and oxygen atoms in total. The molecule has 0 saturated carbocycles. The summed E-state index contributed by atoms with van der Waals surface area (Å²) < 4.78 is 0. The molecule has 0 spiro atoms. The third-order valence-corrected chi connectivity index (χ3v) is 5.01. The molecular weight excluding hydrogens is 322 g/mol. The minimum atomic E-state index is -0.918. The van der Waals surface area contributed by atoms with Crippen LogP contribution >= 0.6 is 0 Å². The molecule has 1 aliphatic heterocycles. The Morgan fingerprint density at radius 1 is 1.44 bits per heavy atom. The standard InChI is InChI=1S/C17H25N5O3/c18-13(17(24)25)4-2-1-3-11-5-6-22(8-11)9-12-7-19-15-14(12)20-10-21-16(15)23/h7,10-11,13,19H,1-6,8-9,18H2,(H,24,25)(H,20,21,23)/t11-,13+/m1/s1. The molecule has 1 saturated heterocycles. The zero-order valence-electron chi connectivity index (χ0n) is 14.2. The highest BCUT2D eigenvalue weighted by molar-refractivity contribution is 5.77. The molecule has 1 aliphatic rings. The number of hydrogen-bond donors (Lipinski definition) is 4. The molecule has 2 aromatic rings. The molecule has 2 atom stereocenters. The number of nitrogens with one attached hydrogen (secondary N) is 2. The fraction of sp³-hybridized carbons (Fsp3) is 0.588. The third kappa shape index (κ3) is 4.26. The first-order valence-corrected chi connectivity index (χ1v) is 8.79. The molecule has 0 aromatic carbocycles. The maximum absolute atomic E-state index is 11.7. The Labute approximate surface area is 145 Å². The highest BCUT2D eigenvalue weighted by atomic mass is 16.4. The summed E-state index contributed by atoms with van der Waals surface area (Å²) in [6.07, 6.45) is 7.99. The Bertz CT molecular complexity index is 784. The number of likely N-dealkylation sites (tertiary alicyclic amines) is 1. The Morgan fingerprint density at radius 3 is 3.08 bits per heavy atom. The van der Waals surface area contributed by atoms with Crippen molar-refractivity contribution in [2.24, 2.45) is 11.7 Å². The number of unbranched alkanes of at least 4 members (excludes halogenated alkanes) is 1. The van der Waals surface area contributed by atoms with Crippen LogP contribution in [0, 0.1) is 5.92 Å². The molecule has 5 N–H and O–H groups in total. The summed E-state index contributed by atoms with van der Waals surface area (Å²) in [7, 11) is 0. The van der Waals surface area contributed by atoms with Crippen molar-refractivity contribution in [1.29, 1.82) is 0 Å². The molecule has 2 aromatic heterocycles. The molecule has 0 unspecified atom stereocenters. The van der Waals surface area contributed by atoms with Crippen molar-refractivity contribution in [2.75, 3.05) is 13.1 Å². The van der Waals surface area contributed by atoms with E-state index in [1.165, 1.54) is 6.33 Å². The van der Waals surface area contributed by atoms with E-state index >= 15 is 0 Å². The fourth-order valence-corrected chi connectivity index (χ4v) is 3.58. The SMILES string of the molecule is N[C@@H](CCCC[C@@H]1CCN(Cc2c[nH]c3c(=O)[nH]cnc23)C1)C(=O)O. The highest BCUT2D eigenvalue weighted by Crippen LogP contribution is 2.25. The van der Waals surface area contributed by atoms with E-state index in [0.717, 1.165) is 56.4 Å². The zero-order valence-corrected chi connectivity index (χ0v) is 14.2. The van der Waals surface area contributed by atoms with Crippen LogP contribution in [0.5, 0.6) is 0 Å². The van der Waals surface area contributed by atoms with Crippen LogP contribution in [0.1, 0.15) is 37.7 Å². The minimum absolute atomic E-state index is 0.143. The number of aromatic amines is 2. The van der Waals surface area contributed by atoms with Gasteiger partial charge in [0, 0.05) is 24.8 Å². The molecule has 1 fully saturated rings. The molecule has 136 valence electrons. The number of rotatable bonds is 8. The topological polar surface area (TPSA) is 128 Å². The summed E-state index contributed by atoms with van der Waals surface area (Å²) in [5.41, 5.74) is 7.71. The monoisotopic (exact) mass is 347 g/mol. The summed E-state index contributed by atoms with van der Waals surface area (Å²) in [4.78, 5) is 34.7. The number of fused-ring (bicyclic) bond motifs is 1. The second kappa shape index (κ2) is 7.79. The van der Waals surface area contributed by atoms with Crippen LogP contribution in [-0.2, 0) is 11.3 Å². The van der Waals surface area contributed by atoms with Crippen LogP contribution in [0.4, 0.5) is 0 Å². The van der Waals surface area contributed by atoms with Crippen molar-refractivity contribution in [3.63, 3.8) is 0 Å². The second-order valence-corrected chi connectivity index (χ2v) is 6.89. The van der Waals surface area contributed by atoms with E-state index in [-0.39, 0.29) is 5.56 Å². The fourth-order valence-electron chi connectivity index (χ4n) is 3.58. The lowest BCUT2D eigenvalue weighted by molar-refractivity contribution is -0.138. The van der Waals surface area contributed by atoms with Crippen molar-refractivity contribution < 1.29 is 9.90 Å². The first-order chi connectivity index (χ1) is 12.0. The van der Waals surface area contributed by atoms with E-state index in [1.54, 1.807) is 0 Å². The Morgan fingerprint density at radius 2 is 2.28 bits per heavy atom. The highest BCUT2D eigenvalue weighted by Gasteiger charge is 2.23. The molecule has 0 bridgehead atoms. The molecule has 0 amide bonds. The van der Waals surface area contributed by atoms with Crippen molar-refractivity contribution in [2.45, 2.75) is 44.7 Å². The van der Waals surface area contributed by atoms with Crippen molar-refractivity contribution in [3.8, 4) is 0 Å². The van der Waals surface area contributed by atoms with Gasteiger partial charge in [0.2, 0.25) is 0 Å². The molecule has 3 rings (SSSR count). The van der Waals surface area contributed by atoms with Crippen molar-refractivity contribution in [3.05, 3.63) is 28.4 Å². The number of nitrogens with zero attached hydrogens (tertiary/aromatic N) is 2. The van der Waals surface area contributed by atoms with Crippen LogP contribution in [-0.4, -0.2) is 50.1 Å². The van der Waals surface area contributed by atoms with Gasteiger partial charge in [-0.2, -0.15) is 0 Å². The second-order valence-electron chi connectivity index (χ2n) is 6.89. The van der Waals surface area contributed by atoms with E-state index in [2.05, 4.69) is 19.9 Å². The van der Waals surface area contributed by atoms with E-state index in [9.17, 15) is 9.59 Å². The summed E-state index contributed by atoms with van der Waals surface area (Å²) >= 11 is 0. The van der Waals surface area contributed by atoms with E-state index < -0.39 is 12.0 Å². The van der Waals surface area contributed by atoms with Gasteiger partial charge in [-0.15, -0.1) is 0 Å². The van der Waals surface area contributed by atoms with Crippen LogP contribution in [0.25, 0.3) is 11.0 Å². The first-order valence-electron chi connectivity index (χ1n) is 8.79. The molecule has 0 radical (unpaired) electrons. The Balaban J connectivity index is 1.46. The van der Waals surface area contributed by atoms with Crippen molar-refractivity contribution >= 4 is 17.0 Å². The van der Waals surface area contributed by atoms with Crippen molar-refractivity contribution in [1.82, 2.24) is 19.9 Å². The van der Waals surface area contributed by atoms with E-state index in [0.29, 0.717) is 17.9 Å². The summed E-state index contributed by atoms with van der Waals surface area (Å²) in [5, 5.41) is 8.78. The van der Waals surface area contributed by atoms with Gasteiger partial charge < -0.3 is 20.8 Å². The zero-order chi connectivity index (χ0) is 17.8. The van der Waals surface area contributed by atoms with Gasteiger partial charge in [-0.05, 0) is 31.7 Å². The lowest BCUT2D eigenvalue weighted by Gasteiger charge is -2.15. The average molecular weight is 347 g/mol. The number of aliphatic carboxylic acids is 1. The van der Waals surface area contributed by atoms with Gasteiger partial charge >= 0.3 is 5.97 Å². The smallest absolute Gasteiger partial charge is 0.320 e. The number of carboxylic acid groups (broad SMARTS) is 1. The quantitative estimate of drug-likeness (QED) is 0.528. The number of nitrogens with two attached hydrogens (primary N) is 1. The van der Waals surface area contributed by atoms with Crippen LogP contribution in [0.2, 0.25) is 0 Å². The third-order valence-electron chi connectivity index (χ3n) is 5.01. The largest absolute Gasteiger partial charge is 0.480 e. The summed E-state index contributed by atoms with van der Waals surface area (Å²) in [6, 6.07) is -0.738. The van der Waals surface area contributed by atoms with Gasteiger partial charge in [-0.25, -0.2) is 4.98 Å². The molecule has 3 heterocycles. The molecule has 25 heavy (non-hydrogen) atoms. The van der Waals surface area contributed by atoms with Gasteiger partial charge in [0.15, 0.2) is 0 Å². The maximum Gasteiger partial charge on any atom is 0.320 e. The average Bonchev–Trinajstić information content (AvgIpc) is 3.20. The summed E-state index contributed by atoms with van der Waals surface area (Å²) in [5.74, 6) is -0.277. The van der Waals surface area contributed by atoms with Gasteiger partial charge in [-0.1, -0.05) is 12.8 Å². The number of carboxylic acids is 1. The van der Waals surface area contributed by atoms with Crippen LogP contribution < -0.4 is 11.3 Å². The van der Waals surface area contributed by atoms with E-state index in [4.69, 9.17) is 10.8 Å². The number of aromatic nitrogens is 3. The predicted molar refractivity (Wildman–Crippen MR) is 94.2 cm³/mol. The molecular formula is C17H25N5O3. The maximum atomic E-state index is 11.7. The normalized spacial score (nSPS) is 19.5. The van der Waals surface area contributed by atoms with E-state index in [1.807, 2.05) is 6.20 Å². The predicted octanol–water partition coefficient (Wildman–Crippen LogP) is 1.05. The van der Waals surface area contributed by atoms with Gasteiger partial charge in [0.05, 0.1) is 11.8 Å². The molecule has 0 aliphatic carbocycles. The first kappa shape index (κ1) is 17.6. The van der Waals surface area contributed by atoms with Gasteiger partial charge in [0.1, 0.15) is 11.6 Å². The lowest BCUT2D eigenvalue weighted by Crippen LogP contribution is -2.29.